The molecule has 1 aromatic carbocycles. The number of anilines is 1. The maximum atomic E-state index is 12.3. The third-order valence-corrected chi connectivity index (χ3v) is 4.31. The number of nitrogens with zero attached hydrogens (tertiary/aromatic N) is 2. The molecule has 5 heteroatoms. The number of piperazine rings is 1. The van der Waals surface area contributed by atoms with E-state index >= 15 is 0 Å². The van der Waals surface area contributed by atoms with Crippen LogP contribution in [0.1, 0.15) is 6.42 Å². The van der Waals surface area contributed by atoms with Crippen LogP contribution in [0.3, 0.4) is 0 Å². The van der Waals surface area contributed by atoms with Crippen molar-refractivity contribution < 1.29 is 14.3 Å². The largest absolute Gasteiger partial charge is 0.497 e. The van der Waals surface area contributed by atoms with Crippen molar-refractivity contribution in [2.45, 2.75) is 6.42 Å². The number of benzene rings is 1. The maximum absolute atomic E-state index is 12.3. The fourth-order valence-corrected chi connectivity index (χ4v) is 2.97. The van der Waals surface area contributed by atoms with E-state index in [2.05, 4.69) is 17.0 Å². The van der Waals surface area contributed by atoms with Crippen LogP contribution in [0.5, 0.6) is 5.75 Å². The van der Waals surface area contributed by atoms with E-state index < -0.39 is 0 Å². The summed E-state index contributed by atoms with van der Waals surface area (Å²) in [6.45, 7) is 4.67. The maximum Gasteiger partial charge on any atom is 0.228 e. The average Bonchev–Trinajstić information content (AvgIpc) is 3.09. The molecular formula is C16H22N2O3. The summed E-state index contributed by atoms with van der Waals surface area (Å²) in [5.74, 6) is 1.22. The molecule has 21 heavy (non-hydrogen) atoms. The van der Waals surface area contributed by atoms with Crippen molar-refractivity contribution in [2.24, 2.45) is 5.92 Å². The Balaban J connectivity index is 1.55. The average molecular weight is 290 g/mol. The molecule has 2 saturated heterocycles. The zero-order valence-electron chi connectivity index (χ0n) is 12.5. The van der Waals surface area contributed by atoms with Gasteiger partial charge >= 0.3 is 0 Å². The van der Waals surface area contributed by atoms with Crippen LogP contribution >= 0.6 is 0 Å². The summed E-state index contributed by atoms with van der Waals surface area (Å²) >= 11 is 0. The lowest BCUT2D eigenvalue weighted by molar-refractivity contribution is -0.135. The molecule has 0 bridgehead atoms. The standard InChI is InChI=1S/C16H22N2O3/c1-20-15-4-2-14(3-5-15)17-7-9-18(10-8-17)16(19)13-6-11-21-12-13/h2-5,13H,6-12H2,1H3. The van der Waals surface area contributed by atoms with Gasteiger partial charge in [-0.1, -0.05) is 0 Å². The van der Waals surface area contributed by atoms with Gasteiger partial charge in [-0.05, 0) is 30.7 Å². The van der Waals surface area contributed by atoms with Gasteiger partial charge in [0, 0.05) is 38.5 Å². The van der Waals surface area contributed by atoms with E-state index in [1.54, 1.807) is 7.11 Å². The third-order valence-electron chi connectivity index (χ3n) is 4.31. The Morgan fingerprint density at radius 2 is 1.90 bits per heavy atom. The first kappa shape index (κ1) is 14.2. The third kappa shape index (κ3) is 3.13. The van der Waals surface area contributed by atoms with Gasteiger partial charge in [0.15, 0.2) is 0 Å². The lowest BCUT2D eigenvalue weighted by Gasteiger charge is -2.37. The Hall–Kier alpha value is -1.75. The monoisotopic (exact) mass is 290 g/mol. The van der Waals surface area contributed by atoms with Gasteiger partial charge in [-0.25, -0.2) is 0 Å². The Kier molecular flexibility index (Phi) is 4.29. The first-order valence-corrected chi connectivity index (χ1v) is 7.53. The molecule has 1 amide bonds. The summed E-state index contributed by atoms with van der Waals surface area (Å²) in [5.41, 5.74) is 1.19. The zero-order valence-corrected chi connectivity index (χ0v) is 12.5. The van der Waals surface area contributed by atoms with Gasteiger partial charge < -0.3 is 19.3 Å². The molecule has 0 aromatic heterocycles. The summed E-state index contributed by atoms with van der Waals surface area (Å²) in [6, 6.07) is 8.09. The summed E-state index contributed by atoms with van der Waals surface area (Å²) < 4.78 is 10.5. The van der Waals surface area contributed by atoms with Crippen molar-refractivity contribution in [3.05, 3.63) is 24.3 Å². The van der Waals surface area contributed by atoms with Crippen molar-refractivity contribution in [3.63, 3.8) is 0 Å². The molecule has 0 saturated carbocycles. The van der Waals surface area contributed by atoms with Gasteiger partial charge in [0.25, 0.3) is 0 Å². The SMILES string of the molecule is COc1ccc(N2CCN(C(=O)C3CCOC3)CC2)cc1. The van der Waals surface area contributed by atoms with E-state index in [0.29, 0.717) is 6.61 Å². The highest BCUT2D eigenvalue weighted by Crippen LogP contribution is 2.22. The molecule has 114 valence electrons. The lowest BCUT2D eigenvalue weighted by atomic mass is 10.1. The fourth-order valence-electron chi connectivity index (χ4n) is 2.97. The molecule has 2 heterocycles. The van der Waals surface area contributed by atoms with Gasteiger partial charge in [0.1, 0.15) is 5.75 Å². The zero-order chi connectivity index (χ0) is 14.7. The van der Waals surface area contributed by atoms with Gasteiger partial charge in [0.2, 0.25) is 5.91 Å². The number of methoxy groups -OCH3 is 1. The molecular weight excluding hydrogens is 268 g/mol. The van der Waals surface area contributed by atoms with E-state index in [1.807, 2.05) is 17.0 Å². The van der Waals surface area contributed by atoms with Crippen molar-refractivity contribution >= 4 is 11.6 Å². The highest BCUT2D eigenvalue weighted by atomic mass is 16.5. The molecule has 5 nitrogen and oxygen atoms in total. The van der Waals surface area contributed by atoms with Crippen molar-refractivity contribution in [3.8, 4) is 5.75 Å². The molecule has 3 rings (SSSR count). The number of rotatable bonds is 3. The summed E-state index contributed by atoms with van der Waals surface area (Å²) in [4.78, 5) is 16.6. The van der Waals surface area contributed by atoms with Crippen LogP contribution in [0.4, 0.5) is 5.69 Å². The lowest BCUT2D eigenvalue weighted by Crippen LogP contribution is -2.50. The number of ether oxygens (including phenoxy) is 2. The van der Waals surface area contributed by atoms with Crippen LogP contribution in [0.2, 0.25) is 0 Å². The van der Waals surface area contributed by atoms with Gasteiger partial charge in [-0.2, -0.15) is 0 Å². The van der Waals surface area contributed by atoms with Gasteiger partial charge in [0.05, 0.1) is 19.6 Å². The molecule has 0 radical (unpaired) electrons. The second-order valence-electron chi connectivity index (χ2n) is 5.57. The predicted octanol–water partition coefficient (Wildman–Crippen LogP) is 1.38. The van der Waals surface area contributed by atoms with Crippen molar-refractivity contribution in [1.29, 1.82) is 0 Å². The number of carbonyl (C=O) groups is 1. The Labute approximate surface area is 125 Å². The van der Waals surface area contributed by atoms with Crippen molar-refractivity contribution in [1.82, 2.24) is 4.90 Å². The molecule has 1 atom stereocenters. The minimum atomic E-state index is 0.0811. The second-order valence-corrected chi connectivity index (χ2v) is 5.57. The minimum Gasteiger partial charge on any atom is -0.497 e. The van der Waals surface area contributed by atoms with E-state index in [1.165, 1.54) is 5.69 Å². The Morgan fingerprint density at radius 1 is 1.19 bits per heavy atom. The summed E-state index contributed by atoms with van der Waals surface area (Å²) in [7, 11) is 1.67. The van der Waals surface area contributed by atoms with E-state index in [-0.39, 0.29) is 11.8 Å². The number of carbonyl (C=O) groups excluding carboxylic acids is 1. The normalized spacial score (nSPS) is 22.4. The molecule has 0 spiro atoms. The van der Waals surface area contributed by atoms with Crippen LogP contribution in [0, 0.1) is 5.92 Å². The van der Waals surface area contributed by atoms with Crippen LogP contribution in [-0.4, -0.2) is 57.3 Å². The van der Waals surface area contributed by atoms with Crippen LogP contribution in [-0.2, 0) is 9.53 Å². The van der Waals surface area contributed by atoms with Gasteiger partial charge in [-0.15, -0.1) is 0 Å². The predicted molar refractivity (Wildman–Crippen MR) is 80.7 cm³/mol. The number of hydrogen-bond donors (Lipinski definition) is 0. The molecule has 1 unspecified atom stereocenters. The topological polar surface area (TPSA) is 42.0 Å². The van der Waals surface area contributed by atoms with E-state index in [0.717, 1.165) is 45.0 Å². The molecule has 0 N–H and O–H groups in total. The highest BCUT2D eigenvalue weighted by Gasteiger charge is 2.30. The van der Waals surface area contributed by atoms with Gasteiger partial charge in [-0.3, -0.25) is 4.79 Å². The number of hydrogen-bond acceptors (Lipinski definition) is 4. The van der Waals surface area contributed by atoms with Crippen LogP contribution < -0.4 is 9.64 Å². The van der Waals surface area contributed by atoms with Crippen LogP contribution in [0.25, 0.3) is 0 Å². The first-order chi connectivity index (χ1) is 10.3. The highest BCUT2D eigenvalue weighted by molar-refractivity contribution is 5.79. The minimum absolute atomic E-state index is 0.0811. The van der Waals surface area contributed by atoms with E-state index in [4.69, 9.17) is 9.47 Å². The van der Waals surface area contributed by atoms with Crippen molar-refractivity contribution in [2.75, 3.05) is 51.4 Å². The molecule has 0 aliphatic carbocycles. The fraction of sp³-hybridized carbons (Fsp3) is 0.562. The first-order valence-electron chi connectivity index (χ1n) is 7.53. The smallest absolute Gasteiger partial charge is 0.228 e. The Morgan fingerprint density at radius 3 is 2.48 bits per heavy atom. The number of amides is 1. The summed E-state index contributed by atoms with van der Waals surface area (Å²) in [5, 5.41) is 0. The van der Waals surface area contributed by atoms with E-state index in [9.17, 15) is 4.79 Å². The summed E-state index contributed by atoms with van der Waals surface area (Å²) in [6.07, 6.45) is 0.873. The van der Waals surface area contributed by atoms with Crippen LogP contribution in [0.15, 0.2) is 24.3 Å². The quantitative estimate of drug-likeness (QED) is 0.843. The molecule has 2 fully saturated rings. The molecule has 2 aliphatic heterocycles. The Bertz CT molecular complexity index is 475. The molecule has 1 aromatic rings. The second kappa shape index (κ2) is 6.35. The molecule has 2 aliphatic rings.